The molecule has 0 aromatic carbocycles. The molecule has 0 aliphatic heterocycles. The Hall–Kier alpha value is 0.468. The van der Waals surface area contributed by atoms with Gasteiger partial charge in [0.15, 0.2) is 19.5 Å². The Morgan fingerprint density at radius 1 is 0.431 bits per heavy atom. The third-order valence-electron chi connectivity index (χ3n) is 9.25. The number of ether oxygens (including phenoxy) is 2. The number of nitrogens with zero attached hydrogens (tertiary/aromatic N) is 2. The molecule has 0 saturated carbocycles. The molecule has 4 unspecified atom stereocenters. The van der Waals surface area contributed by atoms with E-state index in [-0.39, 0.29) is 0 Å². The fraction of sp³-hybridized carbons (Fsp3) is 1.00. The molecule has 0 aliphatic rings. The zero-order chi connectivity index (χ0) is 38.0. The maximum absolute atomic E-state index is 6.14. The average Bonchev–Trinajstić information content (AvgIpc) is 3.12. The molecule has 0 N–H and O–H groups in total. The fourth-order valence-corrected chi connectivity index (χ4v) is 11.9. The van der Waals surface area contributed by atoms with Crippen molar-refractivity contribution in [2.45, 2.75) is 136 Å². The van der Waals surface area contributed by atoms with Crippen LogP contribution in [0.25, 0.3) is 0 Å². The van der Waals surface area contributed by atoms with E-state index in [1.54, 1.807) is 0 Å². The van der Waals surface area contributed by atoms with E-state index in [4.69, 9.17) is 36.0 Å². The molecule has 308 valence electrons. The zero-order valence-corrected chi connectivity index (χ0v) is 40.4. The van der Waals surface area contributed by atoms with Crippen molar-refractivity contribution in [2.24, 2.45) is 0 Å². The van der Waals surface area contributed by atoms with Crippen molar-refractivity contribution in [1.82, 2.24) is 9.80 Å². The van der Waals surface area contributed by atoms with E-state index in [0.29, 0.717) is 22.2 Å². The molecule has 0 aromatic heterocycles. The van der Waals surface area contributed by atoms with Gasteiger partial charge in [0.2, 0.25) is 0 Å². The summed E-state index contributed by atoms with van der Waals surface area (Å²) in [5.41, 5.74) is 2.32. The van der Waals surface area contributed by atoms with Crippen LogP contribution in [0, 0.1) is 0 Å². The molecule has 0 heterocycles. The first-order valence-electron chi connectivity index (χ1n) is 21.0. The van der Waals surface area contributed by atoms with Crippen molar-refractivity contribution in [3.8, 4) is 0 Å². The lowest BCUT2D eigenvalue weighted by Crippen LogP contribution is -2.36. The molecule has 4 atom stereocenters. The lowest BCUT2D eigenvalue weighted by molar-refractivity contribution is 0.131. The van der Waals surface area contributed by atoms with Crippen LogP contribution in [0.15, 0.2) is 0 Å². The van der Waals surface area contributed by atoms with Crippen LogP contribution in [-0.2, 0) is 36.0 Å². The van der Waals surface area contributed by atoms with E-state index in [2.05, 4.69) is 65.2 Å². The molecular weight excluding hydrogens is 713 g/mol. The molecule has 51 heavy (non-hydrogen) atoms. The number of hydrogen-bond acceptors (Lipinski definition) is 10. The Bertz CT molecular complexity index is 659. The minimum atomic E-state index is -1.66. The molecule has 0 radical (unpaired) electrons. The largest absolute Gasteiger partial charge is 0.424 e. The van der Waals surface area contributed by atoms with E-state index in [9.17, 15) is 0 Å². The molecule has 0 saturated heterocycles. The zero-order valence-electron chi connectivity index (χ0n) is 35.3. The third-order valence-corrected chi connectivity index (χ3v) is 17.4. The van der Waals surface area contributed by atoms with Gasteiger partial charge in [0, 0.05) is 66.1 Å². The summed E-state index contributed by atoms with van der Waals surface area (Å²) in [6, 6.07) is 0. The van der Waals surface area contributed by atoms with E-state index in [1.165, 1.54) is 19.3 Å². The van der Waals surface area contributed by atoms with Crippen LogP contribution >= 0.6 is 0 Å². The minimum Gasteiger partial charge on any atom is -0.424 e. The molecule has 14 heteroatoms. The monoisotopic (exact) mass is 799 g/mol. The SMILES string of the molecule is CCOCCCO[SiH2]C(C)CCN(CCCN(CCC(C)[SiH2]OCCCOCC)CCC(C)[SiH](OCC)OCC)CCC(C)[SiH](OCC)OCC. The molecule has 0 spiro atoms. The van der Waals surface area contributed by atoms with Gasteiger partial charge in [-0.05, 0) is 148 Å². The second-order valence-corrected chi connectivity index (χ2v) is 23.5. The lowest BCUT2D eigenvalue weighted by atomic mass is 10.2. The summed E-state index contributed by atoms with van der Waals surface area (Å²) in [4.78, 5) is 5.44. The topological polar surface area (TPSA) is 80.3 Å². The molecule has 0 aliphatic carbocycles. The normalized spacial score (nSPS) is 15.2. The van der Waals surface area contributed by atoms with E-state index >= 15 is 0 Å². The van der Waals surface area contributed by atoms with Crippen LogP contribution in [0.4, 0.5) is 0 Å². The number of rotatable bonds is 40. The van der Waals surface area contributed by atoms with Gasteiger partial charge >= 0.3 is 18.6 Å². The molecule has 0 amide bonds. The molecule has 0 rings (SSSR count). The molecule has 0 bridgehead atoms. The molecule has 10 nitrogen and oxygen atoms in total. The Labute approximate surface area is 324 Å². The van der Waals surface area contributed by atoms with Crippen LogP contribution in [0.5, 0.6) is 0 Å². The average molecular weight is 799 g/mol. The van der Waals surface area contributed by atoms with E-state index in [1.807, 2.05) is 13.8 Å². The highest BCUT2D eigenvalue weighted by atomic mass is 28.3. The predicted molar refractivity (Wildman–Crippen MR) is 226 cm³/mol. The standard InChI is InChI=1S/C37H86N2O8Si4/c1-11-40-30-18-32-42-48-34(7)20-26-38(28-22-36(9)50(44-13-3)45-14-4)24-17-25-39(29-23-37(10)51(46-15-5)47-16-6)27-21-35(8)49-43-33-19-31-41-12-2/h34-37,50-51H,11-33,48-49H2,1-10H3. The van der Waals surface area contributed by atoms with Gasteiger partial charge in [0.05, 0.1) is 0 Å². The summed E-state index contributed by atoms with van der Waals surface area (Å²) in [6.07, 6.45) is 7.85. The Morgan fingerprint density at radius 3 is 1.12 bits per heavy atom. The van der Waals surface area contributed by atoms with Crippen molar-refractivity contribution in [3.05, 3.63) is 0 Å². The number of hydrogen-bond donors (Lipinski definition) is 0. The second-order valence-electron chi connectivity index (χ2n) is 14.2. The smallest absolute Gasteiger partial charge is 0.324 e. The molecule has 0 aromatic rings. The lowest BCUT2D eigenvalue weighted by Gasteiger charge is -2.30. The predicted octanol–water partition coefficient (Wildman–Crippen LogP) is 5.58. The van der Waals surface area contributed by atoms with Gasteiger partial charge in [0.1, 0.15) is 0 Å². The van der Waals surface area contributed by atoms with Crippen molar-refractivity contribution >= 4 is 38.1 Å². The van der Waals surface area contributed by atoms with Crippen LogP contribution < -0.4 is 0 Å². The third kappa shape index (κ3) is 30.4. The highest BCUT2D eigenvalue weighted by Crippen LogP contribution is 2.21. The fourth-order valence-electron chi connectivity index (χ4n) is 6.00. The van der Waals surface area contributed by atoms with Crippen LogP contribution in [0.2, 0.25) is 22.2 Å². The second kappa shape index (κ2) is 37.4. The molecule has 0 fully saturated rings. The van der Waals surface area contributed by atoms with Gasteiger partial charge in [-0.15, -0.1) is 0 Å². The Balaban J connectivity index is 5.33. The van der Waals surface area contributed by atoms with Gasteiger partial charge in [-0.3, -0.25) is 0 Å². The van der Waals surface area contributed by atoms with Crippen LogP contribution in [0.1, 0.15) is 114 Å². The highest BCUT2D eigenvalue weighted by Gasteiger charge is 2.24. The highest BCUT2D eigenvalue weighted by molar-refractivity contribution is 6.46. The summed E-state index contributed by atoms with van der Waals surface area (Å²) >= 11 is 0. The van der Waals surface area contributed by atoms with Crippen LogP contribution in [-0.4, -0.2) is 153 Å². The van der Waals surface area contributed by atoms with Crippen molar-refractivity contribution in [3.63, 3.8) is 0 Å². The summed E-state index contributed by atoms with van der Waals surface area (Å²) in [7, 11) is -4.40. The first-order chi connectivity index (χ1) is 24.8. The van der Waals surface area contributed by atoms with E-state index in [0.717, 1.165) is 131 Å². The summed E-state index contributed by atoms with van der Waals surface area (Å²) in [6.45, 7) is 36.5. The van der Waals surface area contributed by atoms with Gasteiger partial charge in [0.25, 0.3) is 0 Å². The van der Waals surface area contributed by atoms with Gasteiger partial charge in [-0.2, -0.15) is 0 Å². The summed E-state index contributed by atoms with van der Waals surface area (Å²) in [5.74, 6) is 0. The quantitative estimate of drug-likeness (QED) is 0.0580. The van der Waals surface area contributed by atoms with E-state index < -0.39 is 38.1 Å². The van der Waals surface area contributed by atoms with Crippen molar-refractivity contribution in [2.75, 3.05) is 105 Å². The summed E-state index contributed by atoms with van der Waals surface area (Å²) < 4.78 is 47.6. The van der Waals surface area contributed by atoms with Gasteiger partial charge in [-0.1, -0.05) is 27.7 Å². The maximum Gasteiger partial charge on any atom is 0.324 e. The maximum atomic E-state index is 6.14. The first kappa shape index (κ1) is 51.5. The Morgan fingerprint density at radius 2 is 0.784 bits per heavy atom. The first-order valence-corrected chi connectivity index (χ1v) is 27.0. The Kier molecular flexibility index (Phi) is 37.7. The summed E-state index contributed by atoms with van der Waals surface area (Å²) in [5, 5.41) is 0. The van der Waals surface area contributed by atoms with Crippen molar-refractivity contribution in [1.29, 1.82) is 0 Å². The molecular formula is C37H86N2O8Si4. The minimum absolute atomic E-state index is 0.491. The van der Waals surface area contributed by atoms with Crippen LogP contribution in [0.3, 0.4) is 0 Å². The van der Waals surface area contributed by atoms with Crippen molar-refractivity contribution < 1.29 is 36.0 Å². The van der Waals surface area contributed by atoms with Gasteiger partial charge in [-0.25, -0.2) is 0 Å². The van der Waals surface area contributed by atoms with Gasteiger partial charge < -0.3 is 45.8 Å².